The van der Waals surface area contributed by atoms with Gasteiger partial charge in [-0.1, -0.05) is 60.7 Å². The van der Waals surface area contributed by atoms with Gasteiger partial charge in [0.25, 0.3) is 0 Å². The molecule has 0 aliphatic heterocycles. The van der Waals surface area contributed by atoms with Gasteiger partial charge in [0.05, 0.1) is 0 Å². The second kappa shape index (κ2) is 7.86. The lowest BCUT2D eigenvalue weighted by Gasteiger charge is -2.24. The Morgan fingerprint density at radius 1 is 0.850 bits per heavy atom. The van der Waals surface area contributed by atoms with Crippen molar-refractivity contribution < 1.29 is 0 Å². The minimum Gasteiger partial charge on any atom is -0.303 e. The highest BCUT2D eigenvalue weighted by Gasteiger charge is 2.09. The Kier molecular flexibility index (Phi) is 5.82. The fraction of sp³-hybridized carbons (Fsp3) is 0.368. The van der Waals surface area contributed by atoms with Gasteiger partial charge < -0.3 is 4.90 Å². The monoisotopic (exact) mass is 267 g/mol. The Balaban J connectivity index is 1.73. The minimum absolute atomic E-state index is 0.591. The fourth-order valence-corrected chi connectivity index (χ4v) is 2.51. The zero-order valence-corrected chi connectivity index (χ0v) is 12.6. The van der Waals surface area contributed by atoms with E-state index in [1.54, 1.807) is 0 Å². The second-order valence-corrected chi connectivity index (χ2v) is 5.61. The predicted octanol–water partition coefficient (Wildman–Crippen LogP) is 4.18. The molecule has 0 N–H and O–H groups in total. The maximum atomic E-state index is 2.47. The van der Waals surface area contributed by atoms with Crippen molar-refractivity contribution in [2.75, 3.05) is 13.6 Å². The Bertz CT molecular complexity index is 478. The van der Waals surface area contributed by atoms with E-state index >= 15 is 0 Å². The highest BCUT2D eigenvalue weighted by molar-refractivity contribution is 5.16. The topological polar surface area (TPSA) is 3.24 Å². The van der Waals surface area contributed by atoms with Gasteiger partial charge in [-0.05, 0) is 50.9 Å². The number of benzene rings is 2. The van der Waals surface area contributed by atoms with E-state index in [9.17, 15) is 0 Å². The number of nitrogens with zero attached hydrogens (tertiary/aromatic N) is 1. The maximum Gasteiger partial charge on any atom is 0.0104 e. The van der Waals surface area contributed by atoms with E-state index in [0.29, 0.717) is 6.04 Å². The molecule has 2 rings (SSSR count). The van der Waals surface area contributed by atoms with E-state index in [1.165, 1.54) is 24.0 Å². The van der Waals surface area contributed by atoms with Gasteiger partial charge in [-0.15, -0.1) is 0 Å². The first kappa shape index (κ1) is 14.8. The number of hydrogen-bond donors (Lipinski definition) is 0. The van der Waals surface area contributed by atoms with Crippen molar-refractivity contribution >= 4 is 0 Å². The van der Waals surface area contributed by atoms with Crippen LogP contribution >= 0.6 is 0 Å². The van der Waals surface area contributed by atoms with Crippen LogP contribution < -0.4 is 0 Å². The van der Waals surface area contributed by atoms with E-state index in [1.807, 2.05) is 0 Å². The summed E-state index contributed by atoms with van der Waals surface area (Å²) in [7, 11) is 2.23. The van der Waals surface area contributed by atoms with Crippen LogP contribution in [0.5, 0.6) is 0 Å². The van der Waals surface area contributed by atoms with Crippen LogP contribution in [0.2, 0.25) is 0 Å². The molecule has 0 aromatic heterocycles. The fourth-order valence-electron chi connectivity index (χ4n) is 2.51. The summed E-state index contributed by atoms with van der Waals surface area (Å²) in [5.74, 6) is 0. The zero-order chi connectivity index (χ0) is 14.2. The summed E-state index contributed by atoms with van der Waals surface area (Å²) < 4.78 is 0. The van der Waals surface area contributed by atoms with Gasteiger partial charge in [-0.25, -0.2) is 0 Å². The van der Waals surface area contributed by atoms with Crippen molar-refractivity contribution in [2.24, 2.45) is 0 Å². The maximum absolute atomic E-state index is 2.47. The highest BCUT2D eigenvalue weighted by Crippen LogP contribution is 2.09. The quantitative estimate of drug-likeness (QED) is 0.727. The van der Waals surface area contributed by atoms with E-state index in [-0.39, 0.29) is 0 Å². The van der Waals surface area contributed by atoms with Crippen molar-refractivity contribution in [3.63, 3.8) is 0 Å². The third kappa shape index (κ3) is 4.82. The van der Waals surface area contributed by atoms with Crippen LogP contribution in [-0.2, 0) is 12.8 Å². The van der Waals surface area contributed by atoms with Gasteiger partial charge in [-0.3, -0.25) is 0 Å². The molecule has 0 saturated carbocycles. The molecule has 0 bridgehead atoms. The van der Waals surface area contributed by atoms with Crippen LogP contribution in [0.3, 0.4) is 0 Å². The molecule has 1 atom stereocenters. The molecule has 0 spiro atoms. The molecule has 1 unspecified atom stereocenters. The summed E-state index contributed by atoms with van der Waals surface area (Å²) in [6, 6.07) is 22.1. The van der Waals surface area contributed by atoms with E-state index in [0.717, 1.165) is 13.0 Å². The molecule has 2 aromatic carbocycles. The highest BCUT2D eigenvalue weighted by atomic mass is 15.1. The molecular weight excluding hydrogens is 242 g/mol. The zero-order valence-electron chi connectivity index (χ0n) is 12.6. The standard InChI is InChI=1S/C19H25N/c1-17(16-19-12-7-4-8-13-19)20(2)15-9-14-18-10-5-3-6-11-18/h3-8,10-13,17H,9,14-16H2,1-2H3. The lowest BCUT2D eigenvalue weighted by molar-refractivity contribution is 0.253. The van der Waals surface area contributed by atoms with Crippen molar-refractivity contribution in [3.05, 3.63) is 71.8 Å². The second-order valence-electron chi connectivity index (χ2n) is 5.61. The molecule has 0 aliphatic rings. The summed E-state index contributed by atoms with van der Waals surface area (Å²) in [4.78, 5) is 2.47. The predicted molar refractivity (Wildman–Crippen MR) is 87.0 cm³/mol. The van der Waals surface area contributed by atoms with Crippen LogP contribution in [0.25, 0.3) is 0 Å². The Morgan fingerprint density at radius 3 is 2.00 bits per heavy atom. The normalized spacial score (nSPS) is 12.6. The molecule has 0 radical (unpaired) electrons. The molecule has 1 nitrogen and oxygen atoms in total. The molecule has 2 aromatic rings. The Labute approximate surface area is 123 Å². The van der Waals surface area contributed by atoms with Crippen molar-refractivity contribution in [1.29, 1.82) is 0 Å². The summed E-state index contributed by atoms with van der Waals surface area (Å²) >= 11 is 0. The summed E-state index contributed by atoms with van der Waals surface area (Å²) in [5.41, 5.74) is 2.87. The molecule has 1 heteroatoms. The van der Waals surface area contributed by atoms with Crippen LogP contribution in [0.4, 0.5) is 0 Å². The lowest BCUT2D eigenvalue weighted by Crippen LogP contribution is -2.31. The van der Waals surface area contributed by atoms with E-state index in [4.69, 9.17) is 0 Å². The summed E-state index contributed by atoms with van der Waals surface area (Å²) in [5, 5.41) is 0. The molecule has 0 saturated heterocycles. The number of rotatable bonds is 7. The van der Waals surface area contributed by atoms with Gasteiger partial charge in [0, 0.05) is 6.04 Å². The average Bonchev–Trinajstić information content (AvgIpc) is 2.49. The van der Waals surface area contributed by atoms with E-state index in [2.05, 4.69) is 79.5 Å². The Hall–Kier alpha value is -1.60. The smallest absolute Gasteiger partial charge is 0.0104 e. The molecule has 0 aliphatic carbocycles. The first-order valence-corrected chi connectivity index (χ1v) is 7.54. The molecule has 106 valence electrons. The van der Waals surface area contributed by atoms with Crippen LogP contribution in [0, 0.1) is 0 Å². The molecule has 0 amide bonds. The van der Waals surface area contributed by atoms with Gasteiger partial charge in [0.15, 0.2) is 0 Å². The summed E-state index contributed by atoms with van der Waals surface area (Å²) in [6.45, 7) is 3.47. The molecule has 0 fully saturated rings. The third-order valence-corrected chi connectivity index (χ3v) is 3.95. The van der Waals surface area contributed by atoms with Gasteiger partial charge in [0.2, 0.25) is 0 Å². The molecule has 20 heavy (non-hydrogen) atoms. The average molecular weight is 267 g/mol. The van der Waals surface area contributed by atoms with Crippen LogP contribution in [-0.4, -0.2) is 24.5 Å². The Morgan fingerprint density at radius 2 is 1.40 bits per heavy atom. The third-order valence-electron chi connectivity index (χ3n) is 3.95. The largest absolute Gasteiger partial charge is 0.303 e. The van der Waals surface area contributed by atoms with Crippen LogP contribution in [0.15, 0.2) is 60.7 Å². The van der Waals surface area contributed by atoms with Crippen molar-refractivity contribution in [2.45, 2.75) is 32.2 Å². The van der Waals surface area contributed by atoms with Crippen molar-refractivity contribution in [1.82, 2.24) is 4.90 Å². The first-order chi connectivity index (χ1) is 9.75. The lowest BCUT2D eigenvalue weighted by atomic mass is 10.1. The SMILES string of the molecule is CC(Cc1ccccc1)N(C)CCCc1ccccc1. The minimum atomic E-state index is 0.591. The van der Waals surface area contributed by atoms with E-state index < -0.39 is 0 Å². The molecule has 0 heterocycles. The van der Waals surface area contributed by atoms with Gasteiger partial charge in [-0.2, -0.15) is 0 Å². The van der Waals surface area contributed by atoms with Gasteiger partial charge >= 0.3 is 0 Å². The summed E-state index contributed by atoms with van der Waals surface area (Å²) in [6.07, 6.45) is 3.52. The van der Waals surface area contributed by atoms with Gasteiger partial charge in [0.1, 0.15) is 0 Å². The first-order valence-electron chi connectivity index (χ1n) is 7.54. The number of hydrogen-bond acceptors (Lipinski definition) is 1. The van der Waals surface area contributed by atoms with Crippen LogP contribution in [0.1, 0.15) is 24.5 Å². The number of aryl methyl sites for hydroxylation is 1. The number of likely N-dealkylation sites (N-methyl/N-ethyl adjacent to an activating group) is 1. The van der Waals surface area contributed by atoms with Crippen molar-refractivity contribution in [3.8, 4) is 0 Å². The molecular formula is C19H25N.